The Kier molecular flexibility index (Phi) is 4.33. The van der Waals surface area contributed by atoms with Gasteiger partial charge in [-0.1, -0.05) is 0 Å². The first-order valence-electron chi connectivity index (χ1n) is 6.05. The summed E-state index contributed by atoms with van der Waals surface area (Å²) in [7, 11) is -3.41. The van der Waals surface area contributed by atoms with Crippen LogP contribution in [-0.2, 0) is 16.8 Å². The molecule has 2 heterocycles. The van der Waals surface area contributed by atoms with Gasteiger partial charge in [0.2, 0.25) is 0 Å². The van der Waals surface area contributed by atoms with Gasteiger partial charge in [-0.2, -0.15) is 17.4 Å². The van der Waals surface area contributed by atoms with Crippen molar-refractivity contribution in [3.8, 4) is 0 Å². The van der Waals surface area contributed by atoms with Crippen LogP contribution in [0.4, 0.5) is 0 Å². The molecule has 1 saturated heterocycles. The minimum atomic E-state index is -3.41. The predicted octanol–water partition coefficient (Wildman–Crippen LogP) is -0.585. The molecule has 8 heteroatoms. The summed E-state index contributed by atoms with van der Waals surface area (Å²) < 4.78 is 28.0. The summed E-state index contributed by atoms with van der Waals surface area (Å²) in [6, 6.07) is 0. The van der Waals surface area contributed by atoms with E-state index in [0.717, 1.165) is 12.8 Å². The number of nitrogens with two attached hydrogens (primary N) is 1. The van der Waals surface area contributed by atoms with Crippen LogP contribution >= 0.6 is 0 Å². The number of nitrogens with one attached hydrogen (secondary N) is 2. The van der Waals surface area contributed by atoms with Gasteiger partial charge >= 0.3 is 0 Å². The lowest BCUT2D eigenvalue weighted by molar-refractivity contribution is 0.275. The predicted molar refractivity (Wildman–Crippen MR) is 67.7 cm³/mol. The van der Waals surface area contributed by atoms with Gasteiger partial charge in [0, 0.05) is 25.5 Å². The molecule has 1 aromatic rings. The molecular weight excluding hydrogens is 254 g/mol. The molecule has 0 radical (unpaired) electrons. The first-order valence-corrected chi connectivity index (χ1v) is 7.49. The molecule has 0 bridgehead atoms. The van der Waals surface area contributed by atoms with E-state index in [1.807, 2.05) is 0 Å². The van der Waals surface area contributed by atoms with Crippen LogP contribution in [0.5, 0.6) is 0 Å². The summed E-state index contributed by atoms with van der Waals surface area (Å²) in [6.07, 6.45) is 4.92. The monoisotopic (exact) mass is 273 g/mol. The fourth-order valence-electron chi connectivity index (χ4n) is 2.03. The van der Waals surface area contributed by atoms with Gasteiger partial charge in [-0.3, -0.25) is 0 Å². The summed E-state index contributed by atoms with van der Waals surface area (Å²) in [5.41, 5.74) is 5.58. The smallest absolute Gasteiger partial charge is 0.279 e. The number of rotatable bonds is 5. The molecule has 0 atom stereocenters. The van der Waals surface area contributed by atoms with Crippen LogP contribution in [0.15, 0.2) is 12.4 Å². The highest BCUT2D eigenvalue weighted by atomic mass is 32.2. The third kappa shape index (κ3) is 3.29. The Morgan fingerprint density at radius 1 is 1.50 bits per heavy atom. The number of H-pyrrole nitrogens is 1. The molecule has 0 spiro atoms. The summed E-state index contributed by atoms with van der Waals surface area (Å²) in [6.45, 7) is 1.89. The molecule has 4 N–H and O–H groups in total. The first kappa shape index (κ1) is 13.5. The Balaban J connectivity index is 1.87. The van der Waals surface area contributed by atoms with E-state index in [2.05, 4.69) is 14.7 Å². The van der Waals surface area contributed by atoms with Crippen molar-refractivity contribution in [1.29, 1.82) is 0 Å². The molecule has 18 heavy (non-hydrogen) atoms. The number of aromatic nitrogens is 2. The van der Waals surface area contributed by atoms with Gasteiger partial charge in [0.25, 0.3) is 10.2 Å². The lowest BCUT2D eigenvalue weighted by Crippen LogP contribution is -2.45. The Bertz CT molecular complexity index is 451. The lowest BCUT2D eigenvalue weighted by Gasteiger charge is -2.30. The molecule has 1 aliphatic rings. The van der Waals surface area contributed by atoms with E-state index in [-0.39, 0.29) is 6.54 Å². The van der Waals surface area contributed by atoms with Gasteiger partial charge < -0.3 is 10.7 Å². The number of hydrogen-bond acceptors (Lipinski definition) is 4. The van der Waals surface area contributed by atoms with Crippen molar-refractivity contribution in [2.45, 2.75) is 19.4 Å². The van der Waals surface area contributed by atoms with Crippen molar-refractivity contribution in [2.75, 3.05) is 19.6 Å². The molecule has 0 unspecified atom stereocenters. The average Bonchev–Trinajstić information content (AvgIpc) is 2.90. The van der Waals surface area contributed by atoms with Crippen LogP contribution in [0, 0.1) is 5.92 Å². The molecule has 0 saturated carbocycles. The zero-order chi connectivity index (χ0) is 13.0. The highest BCUT2D eigenvalue weighted by molar-refractivity contribution is 7.87. The fourth-order valence-corrected chi connectivity index (χ4v) is 3.22. The van der Waals surface area contributed by atoms with E-state index in [4.69, 9.17) is 5.73 Å². The zero-order valence-electron chi connectivity index (χ0n) is 10.2. The van der Waals surface area contributed by atoms with E-state index < -0.39 is 10.2 Å². The number of imidazole rings is 1. The standard InChI is InChI=1S/C10H19N5O2S/c11-7-9-1-5-15(6-2-9)18(16,17)14-8-10-12-3-4-13-10/h3-4,9,14H,1-2,5-8,11H2,(H,12,13). The maximum Gasteiger partial charge on any atom is 0.279 e. The third-order valence-corrected chi connectivity index (χ3v) is 4.78. The summed E-state index contributed by atoms with van der Waals surface area (Å²) in [5, 5.41) is 0. The highest BCUT2D eigenvalue weighted by Crippen LogP contribution is 2.17. The van der Waals surface area contributed by atoms with Crippen molar-refractivity contribution in [3.05, 3.63) is 18.2 Å². The second-order valence-electron chi connectivity index (χ2n) is 4.44. The fraction of sp³-hybridized carbons (Fsp3) is 0.700. The Labute approximate surface area is 107 Å². The average molecular weight is 273 g/mol. The van der Waals surface area contributed by atoms with Crippen LogP contribution in [-0.4, -0.2) is 42.3 Å². The number of piperidine rings is 1. The number of aromatic amines is 1. The van der Waals surface area contributed by atoms with Crippen LogP contribution in [0.1, 0.15) is 18.7 Å². The van der Waals surface area contributed by atoms with Gasteiger partial charge in [0.05, 0.1) is 6.54 Å². The summed E-state index contributed by atoms with van der Waals surface area (Å²) in [5.74, 6) is 1.05. The Hall–Kier alpha value is -0.960. The molecule has 7 nitrogen and oxygen atoms in total. The van der Waals surface area contributed by atoms with Crippen LogP contribution in [0.25, 0.3) is 0 Å². The van der Waals surface area contributed by atoms with E-state index in [1.54, 1.807) is 12.4 Å². The zero-order valence-corrected chi connectivity index (χ0v) is 11.0. The minimum Gasteiger partial charge on any atom is -0.347 e. The summed E-state index contributed by atoms with van der Waals surface area (Å²) in [4.78, 5) is 6.83. The normalized spacial score (nSPS) is 19.2. The SMILES string of the molecule is NCC1CCN(S(=O)(=O)NCc2ncc[nH]2)CC1. The van der Waals surface area contributed by atoms with Crippen LogP contribution < -0.4 is 10.5 Å². The van der Waals surface area contributed by atoms with Gasteiger partial charge in [-0.15, -0.1) is 0 Å². The lowest BCUT2D eigenvalue weighted by atomic mass is 9.99. The molecule has 1 fully saturated rings. The molecule has 1 aromatic heterocycles. The third-order valence-electron chi connectivity index (χ3n) is 3.22. The molecule has 0 aromatic carbocycles. The topological polar surface area (TPSA) is 104 Å². The van der Waals surface area contributed by atoms with Crippen molar-refractivity contribution in [2.24, 2.45) is 11.7 Å². The summed E-state index contributed by atoms with van der Waals surface area (Å²) >= 11 is 0. The van der Waals surface area contributed by atoms with Gasteiger partial charge in [0.1, 0.15) is 5.82 Å². The van der Waals surface area contributed by atoms with Crippen molar-refractivity contribution in [3.63, 3.8) is 0 Å². The Morgan fingerprint density at radius 2 is 2.22 bits per heavy atom. The van der Waals surface area contributed by atoms with Crippen LogP contribution in [0.3, 0.4) is 0 Å². The Morgan fingerprint density at radius 3 is 2.78 bits per heavy atom. The maximum absolute atomic E-state index is 12.0. The second kappa shape index (κ2) is 5.79. The van der Waals surface area contributed by atoms with Gasteiger partial charge in [0.15, 0.2) is 0 Å². The molecule has 1 aliphatic heterocycles. The quantitative estimate of drug-likeness (QED) is 0.667. The van der Waals surface area contributed by atoms with E-state index in [9.17, 15) is 8.42 Å². The molecule has 2 rings (SSSR count). The van der Waals surface area contributed by atoms with Crippen molar-refractivity contribution >= 4 is 10.2 Å². The van der Waals surface area contributed by atoms with Gasteiger partial charge in [-0.05, 0) is 25.3 Å². The largest absolute Gasteiger partial charge is 0.347 e. The van der Waals surface area contributed by atoms with Crippen molar-refractivity contribution < 1.29 is 8.42 Å². The van der Waals surface area contributed by atoms with E-state index >= 15 is 0 Å². The minimum absolute atomic E-state index is 0.187. The van der Waals surface area contributed by atoms with E-state index in [0.29, 0.717) is 31.4 Å². The maximum atomic E-state index is 12.0. The molecule has 0 amide bonds. The second-order valence-corrected chi connectivity index (χ2v) is 6.20. The molecule has 0 aliphatic carbocycles. The van der Waals surface area contributed by atoms with Gasteiger partial charge in [-0.25, -0.2) is 4.98 Å². The van der Waals surface area contributed by atoms with E-state index in [1.165, 1.54) is 4.31 Å². The van der Waals surface area contributed by atoms with Crippen LogP contribution in [0.2, 0.25) is 0 Å². The number of nitrogens with zero attached hydrogens (tertiary/aromatic N) is 2. The first-order chi connectivity index (χ1) is 8.62. The molecule has 102 valence electrons. The molecular formula is C10H19N5O2S. The van der Waals surface area contributed by atoms with Crippen molar-refractivity contribution in [1.82, 2.24) is 19.0 Å². The number of hydrogen-bond donors (Lipinski definition) is 3. The highest BCUT2D eigenvalue weighted by Gasteiger charge is 2.27.